The lowest BCUT2D eigenvalue weighted by Gasteiger charge is -1.69. The minimum absolute atomic E-state index is 0.306. The van der Waals surface area contributed by atoms with Crippen LogP contribution in [0, 0.1) is 0 Å². The van der Waals surface area contributed by atoms with Crippen molar-refractivity contribution in [3.63, 3.8) is 0 Å². The smallest absolute Gasteiger partial charge is 0.318 e. The predicted octanol–water partition coefficient (Wildman–Crippen LogP) is 1.45. The Bertz CT molecular complexity index is 149. The van der Waals surface area contributed by atoms with Crippen LogP contribution in [0.1, 0.15) is 0 Å². The van der Waals surface area contributed by atoms with Gasteiger partial charge in [0.2, 0.25) is 0 Å². The molecule has 0 fully saturated rings. The molecule has 0 atom stereocenters. The lowest BCUT2D eigenvalue weighted by molar-refractivity contribution is -0.134. The number of nitrogens with zero attached hydrogens (tertiary/aromatic N) is 1. The largest absolute Gasteiger partial charge is 0.480 e. The maximum Gasteiger partial charge on any atom is 0.318 e. The maximum atomic E-state index is 9.24. The van der Waals surface area contributed by atoms with Crippen LogP contribution >= 0.6 is 22.9 Å². The second kappa shape index (κ2) is 6.51. The minimum atomic E-state index is -0.980. The molecule has 1 N–H and O–H groups in total. The van der Waals surface area contributed by atoms with Gasteiger partial charge in [-0.1, -0.05) is 0 Å². The molecular weight excluding hydrogens is 174 g/mol. The molecule has 0 aliphatic heterocycles. The molecule has 0 amide bonds. The van der Waals surface area contributed by atoms with E-state index in [0.717, 1.165) is 0 Å². The van der Waals surface area contributed by atoms with Crippen LogP contribution in [0.4, 0.5) is 0 Å². The number of alkyl halides is 1. The van der Waals surface area contributed by atoms with Crippen LogP contribution in [0.3, 0.4) is 0 Å². The summed E-state index contributed by atoms with van der Waals surface area (Å²) in [5, 5.41) is 9.52. The van der Waals surface area contributed by atoms with Gasteiger partial charge in [0.15, 0.2) is 0 Å². The van der Waals surface area contributed by atoms with E-state index >= 15 is 0 Å². The fourth-order valence-electron chi connectivity index (χ4n) is 0.176. The Hall–Kier alpha value is -0.610. The molecule has 3 nitrogen and oxygen atoms in total. The predicted molar refractivity (Wildman–Crippen MR) is 40.5 cm³/mol. The third-order valence-electron chi connectivity index (χ3n) is 0.462. The number of carboxylic acid groups (broad SMARTS) is 1. The average Bonchev–Trinajstić information content (AvgIpc) is 2.43. The van der Waals surface area contributed by atoms with Crippen molar-refractivity contribution in [1.82, 2.24) is 4.98 Å². The second-order valence-electron chi connectivity index (χ2n) is 1.20. The summed E-state index contributed by atoms with van der Waals surface area (Å²) in [6, 6.07) is 0. The van der Waals surface area contributed by atoms with Gasteiger partial charge >= 0.3 is 5.97 Å². The van der Waals surface area contributed by atoms with Crippen molar-refractivity contribution in [3.05, 3.63) is 17.1 Å². The van der Waals surface area contributed by atoms with Crippen molar-refractivity contribution in [1.29, 1.82) is 0 Å². The Morgan fingerprint density at radius 1 is 1.80 bits per heavy atom. The summed E-state index contributed by atoms with van der Waals surface area (Å²) < 4.78 is 0. The Labute approximate surface area is 67.3 Å². The van der Waals surface area contributed by atoms with Crippen molar-refractivity contribution < 1.29 is 9.90 Å². The fourth-order valence-corrected chi connectivity index (χ4v) is 0.527. The first kappa shape index (κ1) is 9.39. The molecule has 0 saturated heterocycles. The highest BCUT2D eigenvalue weighted by Gasteiger charge is 1.83. The van der Waals surface area contributed by atoms with Gasteiger partial charge in [-0.05, 0) is 0 Å². The molecule has 1 aromatic rings. The SMILES string of the molecule is O=C(O)CCl.c1cscn1. The summed E-state index contributed by atoms with van der Waals surface area (Å²) in [6.45, 7) is 0. The molecule has 1 aromatic heterocycles. The number of aromatic nitrogens is 1. The first-order chi connectivity index (χ1) is 4.77. The van der Waals surface area contributed by atoms with Crippen LogP contribution in [0.15, 0.2) is 17.1 Å². The number of carbonyl (C=O) groups is 1. The molecule has 0 aromatic carbocycles. The van der Waals surface area contributed by atoms with E-state index in [9.17, 15) is 4.79 Å². The Balaban J connectivity index is 0.000000162. The van der Waals surface area contributed by atoms with Gasteiger partial charge in [-0.3, -0.25) is 9.78 Å². The zero-order chi connectivity index (χ0) is 7.82. The van der Waals surface area contributed by atoms with Gasteiger partial charge in [-0.25, -0.2) is 0 Å². The van der Waals surface area contributed by atoms with Crippen LogP contribution in [0.5, 0.6) is 0 Å². The highest BCUT2D eigenvalue weighted by molar-refractivity contribution is 7.07. The molecule has 0 spiro atoms. The van der Waals surface area contributed by atoms with Crippen molar-refractivity contribution in [3.8, 4) is 0 Å². The van der Waals surface area contributed by atoms with E-state index in [1.54, 1.807) is 23.0 Å². The van der Waals surface area contributed by atoms with Gasteiger partial charge in [0.1, 0.15) is 5.88 Å². The highest BCUT2D eigenvalue weighted by Crippen LogP contribution is 1.85. The molecule has 0 unspecified atom stereocenters. The van der Waals surface area contributed by atoms with E-state index in [0.29, 0.717) is 0 Å². The number of halogens is 1. The lowest BCUT2D eigenvalue weighted by atomic mass is 10.8. The first-order valence-electron chi connectivity index (χ1n) is 2.37. The number of hydrogen-bond donors (Lipinski definition) is 1. The molecular formula is C5H6ClNO2S. The van der Waals surface area contributed by atoms with E-state index in [4.69, 9.17) is 16.7 Å². The zero-order valence-electron chi connectivity index (χ0n) is 5.03. The molecule has 0 aliphatic rings. The molecule has 5 heteroatoms. The van der Waals surface area contributed by atoms with Gasteiger partial charge in [-0.2, -0.15) is 0 Å². The standard InChI is InChI=1S/C3H3NS.C2H3ClO2/c1-2-5-3-4-1;3-1-2(4)5/h1-3H;1H2,(H,4,5). The number of carboxylic acids is 1. The van der Waals surface area contributed by atoms with Crippen LogP contribution in [0.2, 0.25) is 0 Å². The molecule has 56 valence electrons. The third kappa shape index (κ3) is 7.39. The Morgan fingerprint density at radius 2 is 2.40 bits per heavy atom. The third-order valence-corrected chi connectivity index (χ3v) is 1.21. The van der Waals surface area contributed by atoms with E-state index < -0.39 is 5.97 Å². The topological polar surface area (TPSA) is 50.2 Å². The quantitative estimate of drug-likeness (QED) is 0.664. The van der Waals surface area contributed by atoms with Gasteiger partial charge in [0, 0.05) is 11.6 Å². The number of hydrogen-bond acceptors (Lipinski definition) is 3. The fraction of sp³-hybridized carbons (Fsp3) is 0.200. The Kier molecular flexibility index (Phi) is 6.11. The van der Waals surface area contributed by atoms with E-state index in [2.05, 4.69) is 4.98 Å². The molecule has 1 heterocycles. The molecule has 0 radical (unpaired) electrons. The summed E-state index contributed by atoms with van der Waals surface area (Å²) >= 11 is 6.34. The molecule has 1 rings (SSSR count). The molecule has 0 saturated carbocycles. The van der Waals surface area contributed by atoms with Crippen LogP contribution in [-0.2, 0) is 4.79 Å². The summed E-state index contributed by atoms with van der Waals surface area (Å²) in [6.07, 6.45) is 1.77. The summed E-state index contributed by atoms with van der Waals surface area (Å²) in [7, 11) is 0. The lowest BCUT2D eigenvalue weighted by Crippen LogP contribution is -1.92. The second-order valence-corrected chi connectivity index (χ2v) is 2.23. The summed E-state index contributed by atoms with van der Waals surface area (Å²) in [5.41, 5.74) is 1.79. The van der Waals surface area contributed by atoms with Crippen molar-refractivity contribution in [2.24, 2.45) is 0 Å². The number of thiazole rings is 1. The zero-order valence-corrected chi connectivity index (χ0v) is 6.60. The average molecular weight is 180 g/mol. The summed E-state index contributed by atoms with van der Waals surface area (Å²) in [5.74, 6) is -1.29. The number of aliphatic carboxylic acids is 1. The minimum Gasteiger partial charge on any atom is -0.480 e. The summed E-state index contributed by atoms with van der Waals surface area (Å²) in [4.78, 5) is 13.0. The normalized spacial score (nSPS) is 7.70. The number of rotatable bonds is 1. The molecule has 0 bridgehead atoms. The van der Waals surface area contributed by atoms with Gasteiger partial charge in [0.25, 0.3) is 0 Å². The molecule has 10 heavy (non-hydrogen) atoms. The molecule has 0 aliphatic carbocycles. The van der Waals surface area contributed by atoms with Crippen molar-refractivity contribution in [2.75, 3.05) is 5.88 Å². The van der Waals surface area contributed by atoms with Gasteiger partial charge in [0.05, 0.1) is 5.51 Å². The highest BCUT2D eigenvalue weighted by atomic mass is 35.5. The van der Waals surface area contributed by atoms with E-state index in [1.165, 1.54) is 0 Å². The monoisotopic (exact) mass is 179 g/mol. The Morgan fingerprint density at radius 3 is 2.50 bits per heavy atom. The van der Waals surface area contributed by atoms with Crippen LogP contribution in [0.25, 0.3) is 0 Å². The van der Waals surface area contributed by atoms with E-state index in [1.807, 2.05) is 5.38 Å². The first-order valence-corrected chi connectivity index (χ1v) is 3.85. The van der Waals surface area contributed by atoms with Crippen LogP contribution < -0.4 is 0 Å². The van der Waals surface area contributed by atoms with Gasteiger partial charge in [-0.15, -0.1) is 22.9 Å². The van der Waals surface area contributed by atoms with E-state index in [-0.39, 0.29) is 5.88 Å². The van der Waals surface area contributed by atoms with Crippen LogP contribution in [-0.4, -0.2) is 21.9 Å². The van der Waals surface area contributed by atoms with Crippen molar-refractivity contribution >= 4 is 28.9 Å². The van der Waals surface area contributed by atoms with Gasteiger partial charge < -0.3 is 5.11 Å². The van der Waals surface area contributed by atoms with Crippen molar-refractivity contribution in [2.45, 2.75) is 0 Å². The maximum absolute atomic E-state index is 9.24.